The van der Waals surface area contributed by atoms with Gasteiger partial charge in [0.05, 0.1) is 24.1 Å². The molecule has 36 heavy (non-hydrogen) atoms. The number of hydrogen-bond acceptors (Lipinski definition) is 8. The number of ether oxygens (including phenoxy) is 2. The van der Waals surface area contributed by atoms with E-state index in [9.17, 15) is 9.59 Å². The zero-order valence-electron chi connectivity index (χ0n) is 20.4. The molecule has 0 bridgehead atoms. The first kappa shape index (κ1) is 25.9. The number of thioether (sulfide) groups is 1. The quantitative estimate of drug-likeness (QED) is 0.239. The number of methoxy groups -OCH3 is 1. The van der Waals surface area contributed by atoms with Gasteiger partial charge < -0.3 is 14.8 Å². The Morgan fingerprint density at radius 2 is 1.94 bits per heavy atom. The van der Waals surface area contributed by atoms with E-state index in [1.165, 1.54) is 16.2 Å². The minimum Gasteiger partial charge on any atom is -0.497 e. The highest BCUT2D eigenvalue weighted by Gasteiger charge is 2.32. The van der Waals surface area contributed by atoms with Gasteiger partial charge in [0.2, 0.25) is 0 Å². The lowest BCUT2D eigenvalue weighted by Crippen LogP contribution is -2.27. The lowest BCUT2D eigenvalue weighted by molar-refractivity contribution is -0.122. The molecule has 0 atom stereocenters. The molecule has 3 heterocycles. The van der Waals surface area contributed by atoms with Crippen LogP contribution in [0.25, 0.3) is 11.7 Å². The molecule has 188 valence electrons. The minimum atomic E-state index is -0.253. The number of benzene rings is 1. The van der Waals surface area contributed by atoms with E-state index in [4.69, 9.17) is 21.7 Å². The Hall–Kier alpha value is -3.21. The number of anilines is 1. The Morgan fingerprint density at radius 1 is 1.17 bits per heavy atom. The molecule has 1 aromatic carbocycles. The van der Waals surface area contributed by atoms with Gasteiger partial charge in [0.1, 0.15) is 21.5 Å². The summed E-state index contributed by atoms with van der Waals surface area (Å²) in [4.78, 5) is 33.4. The van der Waals surface area contributed by atoms with E-state index in [2.05, 4.69) is 10.3 Å². The van der Waals surface area contributed by atoms with Crippen LogP contribution in [0.3, 0.4) is 0 Å². The van der Waals surface area contributed by atoms with Crippen molar-refractivity contribution in [2.24, 2.45) is 0 Å². The highest BCUT2D eigenvalue weighted by molar-refractivity contribution is 8.26. The standard InChI is InChI=1S/C26H28N4O4S2/c1-4-34-13-5-12-27-23-20(24(31)29-15-17(2)6-11-22(29)28-23)14-21-25(32)30(26(35)36-21)16-18-7-9-19(33-3)10-8-18/h6-11,14-15,27H,4-5,12-13,16H2,1-3H3. The summed E-state index contributed by atoms with van der Waals surface area (Å²) in [7, 11) is 1.61. The SMILES string of the molecule is CCOCCCNc1nc2ccc(C)cn2c(=O)c1C=C1SC(=S)N(Cc2ccc(OC)cc2)C1=O. The van der Waals surface area contributed by atoms with Gasteiger partial charge in [0.25, 0.3) is 11.5 Å². The van der Waals surface area contributed by atoms with Gasteiger partial charge in [-0.05, 0) is 55.7 Å². The molecule has 10 heteroatoms. The maximum absolute atomic E-state index is 13.5. The third-order valence-electron chi connectivity index (χ3n) is 5.62. The molecule has 0 unspecified atom stereocenters. The molecule has 1 amide bonds. The van der Waals surface area contributed by atoms with Crippen molar-refractivity contribution in [1.82, 2.24) is 14.3 Å². The molecule has 1 saturated heterocycles. The molecule has 1 N–H and O–H groups in total. The molecule has 0 radical (unpaired) electrons. The average Bonchev–Trinajstić information content (AvgIpc) is 3.14. The van der Waals surface area contributed by atoms with Crippen LogP contribution in [0.2, 0.25) is 0 Å². The summed E-state index contributed by atoms with van der Waals surface area (Å²) in [6, 6.07) is 11.2. The smallest absolute Gasteiger partial charge is 0.267 e. The minimum absolute atomic E-state index is 0.239. The van der Waals surface area contributed by atoms with Gasteiger partial charge in [-0.2, -0.15) is 0 Å². The van der Waals surface area contributed by atoms with Crippen LogP contribution in [-0.4, -0.2) is 51.4 Å². The number of rotatable bonds is 10. The van der Waals surface area contributed by atoms with Crippen LogP contribution in [0.4, 0.5) is 5.82 Å². The maximum atomic E-state index is 13.5. The third kappa shape index (κ3) is 5.77. The van der Waals surface area contributed by atoms with Crippen molar-refractivity contribution < 1.29 is 14.3 Å². The van der Waals surface area contributed by atoms with Crippen molar-refractivity contribution in [3.8, 4) is 5.75 Å². The fourth-order valence-electron chi connectivity index (χ4n) is 3.73. The second-order valence-corrected chi connectivity index (χ2v) is 9.88. The summed E-state index contributed by atoms with van der Waals surface area (Å²) in [5.41, 5.74) is 2.45. The highest BCUT2D eigenvalue weighted by Crippen LogP contribution is 2.34. The number of aromatic nitrogens is 2. The first-order valence-electron chi connectivity index (χ1n) is 11.6. The molecule has 2 aromatic heterocycles. The Balaban J connectivity index is 1.65. The Bertz CT molecular complexity index is 1370. The largest absolute Gasteiger partial charge is 0.497 e. The van der Waals surface area contributed by atoms with Crippen LogP contribution in [-0.2, 0) is 16.1 Å². The number of aryl methyl sites for hydroxylation is 1. The predicted molar refractivity (Wildman–Crippen MR) is 148 cm³/mol. The number of fused-ring (bicyclic) bond motifs is 1. The van der Waals surface area contributed by atoms with Crippen molar-refractivity contribution >= 4 is 51.7 Å². The fourth-order valence-corrected chi connectivity index (χ4v) is 4.97. The summed E-state index contributed by atoms with van der Waals surface area (Å²) >= 11 is 6.69. The van der Waals surface area contributed by atoms with Gasteiger partial charge in [-0.3, -0.25) is 18.9 Å². The van der Waals surface area contributed by atoms with E-state index in [0.717, 1.165) is 23.3 Å². The first-order chi connectivity index (χ1) is 17.4. The maximum Gasteiger partial charge on any atom is 0.267 e. The number of carbonyl (C=O) groups is 1. The van der Waals surface area contributed by atoms with Crippen molar-refractivity contribution in [1.29, 1.82) is 0 Å². The predicted octanol–water partition coefficient (Wildman–Crippen LogP) is 4.25. The molecule has 8 nitrogen and oxygen atoms in total. The van der Waals surface area contributed by atoms with Gasteiger partial charge in [0.15, 0.2) is 0 Å². The van der Waals surface area contributed by atoms with Crippen molar-refractivity contribution in [3.05, 3.63) is 74.5 Å². The van der Waals surface area contributed by atoms with E-state index in [-0.39, 0.29) is 11.5 Å². The molecule has 0 saturated carbocycles. The van der Waals surface area contributed by atoms with E-state index in [1.807, 2.05) is 44.2 Å². The second kappa shape index (κ2) is 11.7. The second-order valence-electron chi connectivity index (χ2n) is 8.21. The van der Waals surface area contributed by atoms with Crippen molar-refractivity contribution in [2.45, 2.75) is 26.8 Å². The lowest BCUT2D eigenvalue weighted by Gasteiger charge is -2.15. The molecule has 1 fully saturated rings. The summed E-state index contributed by atoms with van der Waals surface area (Å²) in [5.74, 6) is 0.933. The highest BCUT2D eigenvalue weighted by atomic mass is 32.2. The Labute approximate surface area is 219 Å². The van der Waals surface area contributed by atoms with Gasteiger partial charge in [0, 0.05) is 26.0 Å². The summed E-state index contributed by atoms with van der Waals surface area (Å²) in [6.07, 6.45) is 4.10. The fraction of sp³-hybridized carbons (Fsp3) is 0.308. The number of nitrogens with zero attached hydrogens (tertiary/aromatic N) is 3. The first-order valence-corrected chi connectivity index (χ1v) is 12.9. The van der Waals surface area contributed by atoms with Gasteiger partial charge in [-0.15, -0.1) is 0 Å². The van der Waals surface area contributed by atoms with Crippen LogP contribution < -0.4 is 15.6 Å². The Morgan fingerprint density at radius 3 is 2.67 bits per heavy atom. The van der Waals surface area contributed by atoms with E-state index in [1.54, 1.807) is 30.3 Å². The molecule has 0 spiro atoms. The van der Waals surface area contributed by atoms with Crippen molar-refractivity contribution in [2.75, 3.05) is 32.2 Å². The summed E-state index contributed by atoms with van der Waals surface area (Å²) < 4.78 is 12.6. The zero-order chi connectivity index (χ0) is 25.7. The van der Waals surface area contributed by atoms with E-state index >= 15 is 0 Å². The Kier molecular flexibility index (Phi) is 8.40. The van der Waals surface area contributed by atoms with Gasteiger partial charge >= 0.3 is 0 Å². The molecule has 1 aliphatic heterocycles. The van der Waals surface area contributed by atoms with Crippen molar-refractivity contribution in [3.63, 3.8) is 0 Å². The monoisotopic (exact) mass is 524 g/mol. The molecule has 3 aromatic rings. The van der Waals surface area contributed by atoms with Crippen LogP contribution in [0.15, 0.2) is 52.3 Å². The molecular weight excluding hydrogens is 496 g/mol. The van der Waals surface area contributed by atoms with Gasteiger partial charge in [-0.1, -0.05) is 42.2 Å². The molecular formula is C26H28N4O4S2. The van der Waals surface area contributed by atoms with Crippen LogP contribution in [0.1, 0.15) is 30.0 Å². The van der Waals surface area contributed by atoms with E-state index in [0.29, 0.717) is 52.6 Å². The zero-order valence-corrected chi connectivity index (χ0v) is 22.1. The lowest BCUT2D eigenvalue weighted by atomic mass is 10.2. The molecule has 0 aliphatic carbocycles. The molecule has 4 rings (SSSR count). The van der Waals surface area contributed by atoms with Crippen LogP contribution in [0.5, 0.6) is 5.75 Å². The number of carbonyl (C=O) groups excluding carboxylic acids is 1. The van der Waals surface area contributed by atoms with E-state index < -0.39 is 0 Å². The average molecular weight is 525 g/mol. The molecule has 1 aliphatic rings. The number of amides is 1. The number of pyridine rings is 1. The third-order valence-corrected chi connectivity index (χ3v) is 6.99. The number of nitrogens with one attached hydrogen (secondary N) is 1. The summed E-state index contributed by atoms with van der Waals surface area (Å²) in [6.45, 7) is 6.03. The number of hydrogen-bond donors (Lipinski definition) is 1. The van der Waals surface area contributed by atoms with Gasteiger partial charge in [-0.25, -0.2) is 4.98 Å². The van der Waals surface area contributed by atoms with Crippen LogP contribution >= 0.6 is 24.0 Å². The van der Waals surface area contributed by atoms with Crippen LogP contribution in [0, 0.1) is 6.92 Å². The normalized spacial score (nSPS) is 14.8. The topological polar surface area (TPSA) is 85.2 Å². The number of thiocarbonyl (C=S) groups is 1. The summed E-state index contributed by atoms with van der Waals surface area (Å²) in [5, 5.41) is 3.25.